The van der Waals surface area contributed by atoms with Gasteiger partial charge in [-0.25, -0.2) is 0 Å². The largest absolute Gasteiger partial charge is 0.314 e. The van der Waals surface area contributed by atoms with Crippen LogP contribution in [0.15, 0.2) is 11.7 Å². The Hall–Kier alpha value is -0.410. The van der Waals surface area contributed by atoms with Crippen molar-refractivity contribution < 1.29 is 0 Å². The maximum Gasteiger partial charge on any atom is 0.0794 e. The summed E-state index contributed by atoms with van der Waals surface area (Å²) in [6.07, 6.45) is 8.24. The van der Waals surface area contributed by atoms with Crippen LogP contribution >= 0.6 is 11.3 Å². The fourth-order valence-corrected chi connectivity index (χ4v) is 2.34. The van der Waals surface area contributed by atoms with Gasteiger partial charge in [-0.1, -0.05) is 26.7 Å². The van der Waals surface area contributed by atoms with Crippen molar-refractivity contribution in [2.24, 2.45) is 0 Å². The topological polar surface area (TPSA) is 24.9 Å². The molecule has 1 N–H and O–H groups in total. The Morgan fingerprint density at radius 1 is 1.40 bits per heavy atom. The Balaban J connectivity index is 2.33. The molecule has 1 heterocycles. The molecule has 0 amide bonds. The van der Waals surface area contributed by atoms with Crippen LogP contribution < -0.4 is 5.32 Å². The molecule has 0 fully saturated rings. The highest BCUT2D eigenvalue weighted by Gasteiger charge is 2.08. The van der Waals surface area contributed by atoms with Crippen molar-refractivity contribution in [1.29, 1.82) is 0 Å². The summed E-state index contributed by atoms with van der Waals surface area (Å²) < 4.78 is 0. The molecule has 0 bridgehead atoms. The maximum absolute atomic E-state index is 4.13. The molecule has 1 unspecified atom stereocenters. The normalized spacial score (nSPS) is 12.9. The number of hydrogen-bond donors (Lipinski definition) is 1. The molecular weight excluding hydrogens is 204 g/mol. The van der Waals surface area contributed by atoms with Gasteiger partial charge >= 0.3 is 0 Å². The Morgan fingerprint density at radius 3 is 2.87 bits per heavy atom. The zero-order valence-corrected chi connectivity index (χ0v) is 10.6. The summed E-state index contributed by atoms with van der Waals surface area (Å²) in [5, 5.41) is 3.62. The highest BCUT2D eigenvalue weighted by Crippen LogP contribution is 2.12. The lowest BCUT2D eigenvalue weighted by Crippen LogP contribution is -2.31. The summed E-state index contributed by atoms with van der Waals surface area (Å²) in [6, 6.07) is 0.644. The van der Waals surface area contributed by atoms with E-state index in [9.17, 15) is 0 Å². The number of unbranched alkanes of at least 4 members (excludes halogenated alkanes) is 1. The molecule has 1 atom stereocenters. The minimum absolute atomic E-state index is 0.644. The zero-order chi connectivity index (χ0) is 10.9. The van der Waals surface area contributed by atoms with Crippen molar-refractivity contribution in [3.05, 3.63) is 16.6 Å². The first-order chi connectivity index (χ1) is 7.36. The second-order valence-electron chi connectivity index (χ2n) is 3.97. The molecule has 2 nitrogen and oxygen atoms in total. The minimum atomic E-state index is 0.644. The van der Waals surface area contributed by atoms with Gasteiger partial charge in [0.05, 0.1) is 5.51 Å². The number of rotatable bonds is 8. The van der Waals surface area contributed by atoms with Gasteiger partial charge in [0.1, 0.15) is 0 Å². The maximum atomic E-state index is 4.13. The number of hydrogen-bond acceptors (Lipinski definition) is 3. The predicted octanol–water partition coefficient (Wildman–Crippen LogP) is 3.24. The van der Waals surface area contributed by atoms with Gasteiger partial charge < -0.3 is 5.32 Å². The van der Waals surface area contributed by atoms with Crippen LogP contribution in [0.1, 0.15) is 44.4 Å². The molecule has 1 rings (SSSR count). The van der Waals surface area contributed by atoms with E-state index >= 15 is 0 Å². The van der Waals surface area contributed by atoms with E-state index in [0.29, 0.717) is 6.04 Å². The summed E-state index contributed by atoms with van der Waals surface area (Å²) in [4.78, 5) is 5.53. The number of nitrogens with one attached hydrogen (secondary N) is 1. The summed E-state index contributed by atoms with van der Waals surface area (Å²) in [5.74, 6) is 0. The van der Waals surface area contributed by atoms with Crippen molar-refractivity contribution >= 4 is 11.3 Å². The summed E-state index contributed by atoms with van der Waals surface area (Å²) in [7, 11) is 0. The molecule has 0 spiro atoms. The van der Waals surface area contributed by atoms with Gasteiger partial charge in [-0.3, -0.25) is 4.98 Å². The third kappa shape index (κ3) is 5.28. The molecule has 0 saturated heterocycles. The third-order valence-electron chi connectivity index (χ3n) is 2.52. The number of nitrogens with zero attached hydrogens (tertiary/aromatic N) is 1. The van der Waals surface area contributed by atoms with Gasteiger partial charge in [0, 0.05) is 17.1 Å². The van der Waals surface area contributed by atoms with Gasteiger partial charge in [-0.2, -0.15) is 0 Å². The minimum Gasteiger partial charge on any atom is -0.314 e. The molecule has 1 aromatic heterocycles. The predicted molar refractivity (Wildman–Crippen MR) is 67.4 cm³/mol. The molecule has 86 valence electrons. The average Bonchev–Trinajstić information content (AvgIpc) is 2.74. The van der Waals surface area contributed by atoms with Crippen LogP contribution in [0.4, 0.5) is 0 Å². The highest BCUT2D eigenvalue weighted by molar-refractivity contribution is 7.09. The molecule has 0 aliphatic heterocycles. The summed E-state index contributed by atoms with van der Waals surface area (Å²) >= 11 is 1.77. The first-order valence-corrected chi connectivity index (χ1v) is 6.85. The monoisotopic (exact) mass is 226 g/mol. The van der Waals surface area contributed by atoms with Crippen molar-refractivity contribution in [2.45, 2.75) is 52.0 Å². The van der Waals surface area contributed by atoms with Crippen LogP contribution in [0.5, 0.6) is 0 Å². The lowest BCUT2D eigenvalue weighted by atomic mass is 10.1. The molecular formula is C12H22N2S. The van der Waals surface area contributed by atoms with E-state index < -0.39 is 0 Å². The molecule has 0 aliphatic carbocycles. The molecule has 3 heteroatoms. The second-order valence-corrected chi connectivity index (χ2v) is 4.94. The molecule has 0 radical (unpaired) electrons. The fraction of sp³-hybridized carbons (Fsp3) is 0.750. The molecule has 0 aromatic carbocycles. The van der Waals surface area contributed by atoms with E-state index in [-0.39, 0.29) is 0 Å². The third-order valence-corrected chi connectivity index (χ3v) is 3.32. The first-order valence-electron chi connectivity index (χ1n) is 5.97. The van der Waals surface area contributed by atoms with E-state index in [1.807, 2.05) is 11.7 Å². The SMILES string of the molecule is CCCCC(Cc1cncs1)NCCC. The summed E-state index contributed by atoms with van der Waals surface area (Å²) in [6.45, 7) is 5.60. The van der Waals surface area contributed by atoms with E-state index in [1.165, 1.54) is 30.6 Å². The molecule has 0 saturated carbocycles. The van der Waals surface area contributed by atoms with E-state index in [0.717, 1.165) is 13.0 Å². The lowest BCUT2D eigenvalue weighted by molar-refractivity contribution is 0.464. The smallest absolute Gasteiger partial charge is 0.0794 e. The van der Waals surface area contributed by atoms with Crippen LogP contribution in [-0.4, -0.2) is 17.6 Å². The Bertz CT molecular complexity index is 226. The van der Waals surface area contributed by atoms with Gasteiger partial charge in [-0.15, -0.1) is 11.3 Å². The van der Waals surface area contributed by atoms with E-state index in [4.69, 9.17) is 0 Å². The molecule has 0 aliphatic rings. The van der Waals surface area contributed by atoms with Crippen LogP contribution in [0.2, 0.25) is 0 Å². The van der Waals surface area contributed by atoms with Gasteiger partial charge in [0.25, 0.3) is 0 Å². The Labute approximate surface area is 97.1 Å². The van der Waals surface area contributed by atoms with Gasteiger partial charge in [0.2, 0.25) is 0 Å². The lowest BCUT2D eigenvalue weighted by Gasteiger charge is -2.17. The van der Waals surface area contributed by atoms with Crippen LogP contribution in [-0.2, 0) is 6.42 Å². The van der Waals surface area contributed by atoms with Crippen molar-refractivity contribution in [1.82, 2.24) is 10.3 Å². The number of thiazole rings is 1. The van der Waals surface area contributed by atoms with Gasteiger partial charge in [0.15, 0.2) is 0 Å². The quantitative estimate of drug-likeness (QED) is 0.736. The van der Waals surface area contributed by atoms with Crippen LogP contribution in [0.3, 0.4) is 0 Å². The highest BCUT2D eigenvalue weighted by atomic mass is 32.1. The second kappa shape index (κ2) is 7.83. The standard InChI is InChI=1S/C12H22N2S/c1-3-5-6-11(14-7-4-2)8-12-9-13-10-15-12/h9-11,14H,3-8H2,1-2H3. The van der Waals surface area contributed by atoms with Crippen molar-refractivity contribution in [3.63, 3.8) is 0 Å². The van der Waals surface area contributed by atoms with E-state index in [2.05, 4.69) is 24.1 Å². The molecule has 15 heavy (non-hydrogen) atoms. The summed E-state index contributed by atoms with van der Waals surface area (Å²) in [5.41, 5.74) is 1.92. The van der Waals surface area contributed by atoms with E-state index in [1.54, 1.807) is 11.3 Å². The Kier molecular flexibility index (Phi) is 6.60. The van der Waals surface area contributed by atoms with Crippen molar-refractivity contribution in [3.8, 4) is 0 Å². The molecule has 1 aromatic rings. The zero-order valence-electron chi connectivity index (χ0n) is 9.83. The van der Waals surface area contributed by atoms with Crippen molar-refractivity contribution in [2.75, 3.05) is 6.54 Å². The fourth-order valence-electron chi connectivity index (χ4n) is 1.66. The number of aromatic nitrogens is 1. The van der Waals surface area contributed by atoms with Gasteiger partial charge in [-0.05, 0) is 25.8 Å². The first kappa shape index (κ1) is 12.7. The Morgan fingerprint density at radius 2 is 2.27 bits per heavy atom. The average molecular weight is 226 g/mol. The van der Waals surface area contributed by atoms with Crippen LogP contribution in [0.25, 0.3) is 0 Å². The van der Waals surface area contributed by atoms with Crippen LogP contribution in [0, 0.1) is 0 Å².